The lowest BCUT2D eigenvalue weighted by Crippen LogP contribution is -2.19. The van der Waals surface area contributed by atoms with Crippen molar-refractivity contribution in [2.45, 2.75) is 13.0 Å². The standard InChI is InChI=1S/C21H22N2O4S2/c1-28-12-8-23-16-13-17-18(27-11-10-26-17)14-19(16)29-21(23)22-20(24)7-9-25-15-5-3-2-4-6-15/h2-6,13-14H,7-12H2,1H3. The van der Waals surface area contributed by atoms with E-state index in [-0.39, 0.29) is 12.3 Å². The predicted octanol–water partition coefficient (Wildman–Crippen LogP) is 3.73. The summed E-state index contributed by atoms with van der Waals surface area (Å²) < 4.78 is 20.1. The molecule has 6 nitrogen and oxygen atoms in total. The topological polar surface area (TPSA) is 62.1 Å². The molecule has 2 aromatic carbocycles. The van der Waals surface area contributed by atoms with Gasteiger partial charge in [0, 0.05) is 24.4 Å². The van der Waals surface area contributed by atoms with Crippen LogP contribution in [0.2, 0.25) is 0 Å². The van der Waals surface area contributed by atoms with Gasteiger partial charge >= 0.3 is 0 Å². The predicted molar refractivity (Wildman–Crippen MR) is 116 cm³/mol. The van der Waals surface area contributed by atoms with Gasteiger partial charge in [-0.3, -0.25) is 4.79 Å². The number of thiazole rings is 1. The first-order valence-corrected chi connectivity index (χ1v) is 11.6. The maximum Gasteiger partial charge on any atom is 0.251 e. The molecule has 152 valence electrons. The van der Waals surface area contributed by atoms with Gasteiger partial charge in [-0.1, -0.05) is 29.5 Å². The summed E-state index contributed by atoms with van der Waals surface area (Å²) in [5, 5.41) is 0. The smallest absolute Gasteiger partial charge is 0.251 e. The number of para-hydroxylation sites is 1. The monoisotopic (exact) mass is 430 g/mol. The zero-order chi connectivity index (χ0) is 20.1. The quantitative estimate of drug-likeness (QED) is 0.572. The molecule has 0 saturated carbocycles. The third-order valence-electron chi connectivity index (χ3n) is 4.41. The lowest BCUT2D eigenvalue weighted by molar-refractivity contribution is -0.118. The molecule has 0 saturated heterocycles. The molecule has 1 aromatic heterocycles. The van der Waals surface area contributed by atoms with Gasteiger partial charge in [0.1, 0.15) is 19.0 Å². The van der Waals surface area contributed by atoms with Gasteiger partial charge in [0.25, 0.3) is 5.91 Å². The highest BCUT2D eigenvalue weighted by molar-refractivity contribution is 7.98. The Morgan fingerprint density at radius 3 is 2.72 bits per heavy atom. The number of rotatable bonds is 7. The molecular formula is C21H22N2O4S2. The molecule has 0 unspecified atom stereocenters. The molecule has 8 heteroatoms. The highest BCUT2D eigenvalue weighted by atomic mass is 32.2. The molecule has 2 heterocycles. The SMILES string of the molecule is CSCCn1c(=NC(=O)CCOc2ccccc2)sc2cc3c(cc21)OCCO3. The van der Waals surface area contributed by atoms with E-state index >= 15 is 0 Å². The van der Waals surface area contributed by atoms with Gasteiger partial charge in [-0.15, -0.1) is 0 Å². The van der Waals surface area contributed by atoms with Gasteiger partial charge in [0.15, 0.2) is 16.3 Å². The lowest BCUT2D eigenvalue weighted by Gasteiger charge is -2.18. The van der Waals surface area contributed by atoms with E-state index in [4.69, 9.17) is 14.2 Å². The number of hydrogen-bond acceptors (Lipinski definition) is 6. The second-order valence-corrected chi connectivity index (χ2v) is 8.40. The maximum absolute atomic E-state index is 12.5. The lowest BCUT2D eigenvalue weighted by atomic mass is 10.2. The molecule has 4 rings (SSSR count). The molecule has 0 aliphatic carbocycles. The van der Waals surface area contributed by atoms with Crippen molar-refractivity contribution < 1.29 is 19.0 Å². The minimum absolute atomic E-state index is 0.192. The van der Waals surface area contributed by atoms with E-state index in [2.05, 4.69) is 15.8 Å². The molecular weight excluding hydrogens is 408 g/mol. The van der Waals surface area contributed by atoms with Crippen molar-refractivity contribution >= 4 is 39.2 Å². The summed E-state index contributed by atoms with van der Waals surface area (Å²) in [6, 6.07) is 13.4. The average molecular weight is 431 g/mol. The van der Waals surface area contributed by atoms with Crippen LogP contribution in [0.15, 0.2) is 47.5 Å². The first-order chi connectivity index (χ1) is 14.2. The van der Waals surface area contributed by atoms with E-state index in [1.165, 1.54) is 11.3 Å². The highest BCUT2D eigenvalue weighted by Gasteiger charge is 2.16. The minimum Gasteiger partial charge on any atom is -0.493 e. The molecule has 0 N–H and O–H groups in total. The number of hydrogen-bond donors (Lipinski definition) is 0. The molecule has 1 aliphatic rings. The number of amides is 1. The van der Waals surface area contributed by atoms with Crippen LogP contribution in [-0.2, 0) is 11.3 Å². The Bertz CT molecular complexity index is 1060. The van der Waals surface area contributed by atoms with Crippen LogP contribution in [0.25, 0.3) is 10.2 Å². The Hall–Kier alpha value is -2.45. The Labute approximate surface area is 177 Å². The number of aryl methyl sites for hydroxylation is 1. The van der Waals surface area contributed by atoms with Crippen LogP contribution in [0.1, 0.15) is 6.42 Å². The number of ether oxygens (including phenoxy) is 3. The summed E-state index contributed by atoms with van der Waals surface area (Å²) in [5.74, 6) is 2.98. The summed E-state index contributed by atoms with van der Waals surface area (Å²) in [6.07, 6.45) is 2.30. The first-order valence-electron chi connectivity index (χ1n) is 9.42. The fourth-order valence-corrected chi connectivity index (χ4v) is 4.47. The number of thioether (sulfide) groups is 1. The molecule has 0 spiro atoms. The van der Waals surface area contributed by atoms with E-state index in [0.717, 1.165) is 39.8 Å². The van der Waals surface area contributed by atoms with Crippen LogP contribution in [-0.4, -0.2) is 42.3 Å². The van der Waals surface area contributed by atoms with E-state index in [0.29, 0.717) is 24.6 Å². The molecule has 3 aromatic rings. The van der Waals surface area contributed by atoms with Crippen molar-refractivity contribution in [1.82, 2.24) is 4.57 Å². The zero-order valence-electron chi connectivity index (χ0n) is 16.1. The van der Waals surface area contributed by atoms with Gasteiger partial charge < -0.3 is 18.8 Å². The molecule has 0 radical (unpaired) electrons. The van der Waals surface area contributed by atoms with Crippen molar-refractivity contribution in [1.29, 1.82) is 0 Å². The largest absolute Gasteiger partial charge is 0.493 e. The van der Waals surface area contributed by atoms with E-state index in [9.17, 15) is 4.79 Å². The van der Waals surface area contributed by atoms with Crippen molar-refractivity contribution in [3.63, 3.8) is 0 Å². The second kappa shape index (κ2) is 9.37. The molecule has 0 atom stereocenters. The third kappa shape index (κ3) is 4.76. The normalized spacial score (nSPS) is 13.6. The molecule has 1 aliphatic heterocycles. The van der Waals surface area contributed by atoms with Crippen molar-refractivity contribution in [3.05, 3.63) is 47.3 Å². The summed E-state index contributed by atoms with van der Waals surface area (Å²) in [5.41, 5.74) is 1.01. The molecule has 0 fully saturated rings. The van der Waals surface area contributed by atoms with Crippen LogP contribution in [0.5, 0.6) is 17.2 Å². The number of benzene rings is 2. The van der Waals surface area contributed by atoms with E-state index in [1.54, 1.807) is 11.8 Å². The summed E-state index contributed by atoms with van der Waals surface area (Å²) >= 11 is 3.25. The number of carbonyl (C=O) groups is 1. The van der Waals surface area contributed by atoms with Crippen molar-refractivity contribution in [3.8, 4) is 17.2 Å². The van der Waals surface area contributed by atoms with Crippen LogP contribution < -0.4 is 19.0 Å². The highest BCUT2D eigenvalue weighted by Crippen LogP contribution is 2.35. The number of carbonyl (C=O) groups excluding carboxylic acids is 1. The molecule has 0 bridgehead atoms. The Morgan fingerprint density at radius 2 is 1.97 bits per heavy atom. The van der Waals surface area contributed by atoms with Crippen LogP contribution >= 0.6 is 23.1 Å². The van der Waals surface area contributed by atoms with Crippen molar-refractivity contribution in [2.24, 2.45) is 4.99 Å². The molecule has 1 amide bonds. The van der Waals surface area contributed by atoms with Gasteiger partial charge in [0.05, 0.1) is 23.2 Å². The van der Waals surface area contributed by atoms with Gasteiger partial charge in [-0.2, -0.15) is 16.8 Å². The van der Waals surface area contributed by atoms with Crippen LogP contribution in [0.4, 0.5) is 0 Å². The van der Waals surface area contributed by atoms with Crippen LogP contribution in [0.3, 0.4) is 0 Å². The average Bonchev–Trinajstić information content (AvgIpc) is 3.07. The third-order valence-corrected chi connectivity index (χ3v) is 6.05. The number of aromatic nitrogens is 1. The van der Waals surface area contributed by atoms with Crippen LogP contribution in [0, 0.1) is 0 Å². The second-order valence-electron chi connectivity index (χ2n) is 6.41. The van der Waals surface area contributed by atoms with E-state index < -0.39 is 0 Å². The summed E-state index contributed by atoms with van der Waals surface area (Å²) in [4.78, 5) is 17.5. The Morgan fingerprint density at radius 1 is 1.21 bits per heavy atom. The first kappa shape index (κ1) is 19.8. The Balaban J connectivity index is 1.58. The summed E-state index contributed by atoms with van der Waals surface area (Å²) in [6.45, 7) is 2.17. The minimum atomic E-state index is -0.192. The Kier molecular flexibility index (Phi) is 6.41. The summed E-state index contributed by atoms with van der Waals surface area (Å²) in [7, 11) is 0. The fraction of sp³-hybridized carbons (Fsp3) is 0.333. The van der Waals surface area contributed by atoms with Gasteiger partial charge in [-0.05, 0) is 18.4 Å². The fourth-order valence-electron chi connectivity index (χ4n) is 3.03. The van der Waals surface area contributed by atoms with Crippen molar-refractivity contribution in [2.75, 3.05) is 31.8 Å². The number of nitrogens with zero attached hydrogens (tertiary/aromatic N) is 2. The number of fused-ring (bicyclic) bond motifs is 2. The molecule has 29 heavy (non-hydrogen) atoms. The maximum atomic E-state index is 12.5. The van der Waals surface area contributed by atoms with Gasteiger partial charge in [-0.25, -0.2) is 0 Å². The zero-order valence-corrected chi connectivity index (χ0v) is 17.8. The van der Waals surface area contributed by atoms with E-state index in [1.807, 2.05) is 42.5 Å². The van der Waals surface area contributed by atoms with Gasteiger partial charge in [0.2, 0.25) is 0 Å².